The second kappa shape index (κ2) is 6.19. The lowest BCUT2D eigenvalue weighted by Crippen LogP contribution is -2.20. The molecule has 18 heavy (non-hydrogen) atoms. The van der Waals surface area contributed by atoms with Crippen LogP contribution in [-0.4, -0.2) is 25.0 Å². The van der Waals surface area contributed by atoms with Crippen LogP contribution in [0.4, 0.5) is 5.69 Å². The zero-order valence-corrected chi connectivity index (χ0v) is 9.51. The summed E-state index contributed by atoms with van der Waals surface area (Å²) < 4.78 is 4.54. The summed E-state index contributed by atoms with van der Waals surface area (Å²) in [7, 11) is 1.22. The number of hydrogen-bond acceptors (Lipinski definition) is 5. The van der Waals surface area contributed by atoms with E-state index in [4.69, 9.17) is 0 Å². The molecule has 0 heterocycles. The van der Waals surface area contributed by atoms with Crippen LogP contribution >= 0.6 is 0 Å². The smallest absolute Gasteiger partial charge is 0.339 e. The number of esters is 1. The van der Waals surface area contributed by atoms with Crippen molar-refractivity contribution < 1.29 is 24.2 Å². The van der Waals surface area contributed by atoms with E-state index in [0.717, 1.165) is 6.08 Å². The number of carboxylic acids is 1. The maximum Gasteiger partial charge on any atom is 0.339 e. The highest BCUT2D eigenvalue weighted by molar-refractivity contribution is 6.06. The molecule has 1 rings (SSSR count). The van der Waals surface area contributed by atoms with E-state index >= 15 is 0 Å². The third-order valence-corrected chi connectivity index (χ3v) is 1.96. The van der Waals surface area contributed by atoms with Gasteiger partial charge in [-0.15, -0.1) is 0 Å². The number of aliphatic carboxylic acids is 1. The minimum absolute atomic E-state index is 0.176. The van der Waals surface area contributed by atoms with E-state index < -0.39 is 17.8 Å². The van der Waals surface area contributed by atoms with Crippen LogP contribution in [-0.2, 0) is 14.3 Å². The van der Waals surface area contributed by atoms with Gasteiger partial charge in [-0.05, 0) is 18.2 Å². The first-order valence-electron chi connectivity index (χ1n) is 4.92. The number of carboxylic acid groups (broad SMARTS) is 1. The fraction of sp³-hybridized carbons (Fsp3) is 0.0833. The molecule has 1 aromatic carbocycles. The highest BCUT2D eigenvalue weighted by Gasteiger charge is 2.11. The lowest BCUT2D eigenvalue weighted by atomic mass is 10.2. The Hall–Kier alpha value is -2.63. The molecule has 6 heteroatoms. The summed E-state index contributed by atoms with van der Waals surface area (Å²) in [5.74, 6) is -2.77. The topological polar surface area (TPSA) is 95.5 Å². The Labute approximate surface area is 103 Å². The molecular formula is C12H10NO5-. The quantitative estimate of drug-likeness (QED) is 0.584. The summed E-state index contributed by atoms with van der Waals surface area (Å²) in [5, 5.41) is 12.5. The van der Waals surface area contributed by atoms with Crippen molar-refractivity contribution in [3.05, 3.63) is 42.0 Å². The van der Waals surface area contributed by atoms with Crippen LogP contribution in [0.5, 0.6) is 0 Å². The van der Waals surface area contributed by atoms with Crippen molar-refractivity contribution in [3.63, 3.8) is 0 Å². The molecule has 1 N–H and O–H groups in total. The fourth-order valence-electron chi connectivity index (χ4n) is 1.20. The number of methoxy groups -OCH3 is 1. The number of nitrogens with one attached hydrogen (secondary N) is 1. The van der Waals surface area contributed by atoms with Gasteiger partial charge in [0.05, 0.1) is 24.3 Å². The number of carbonyl (C=O) groups is 3. The van der Waals surface area contributed by atoms with E-state index in [9.17, 15) is 19.5 Å². The van der Waals surface area contributed by atoms with Crippen molar-refractivity contribution in [2.45, 2.75) is 0 Å². The summed E-state index contributed by atoms with van der Waals surface area (Å²) in [6.07, 6.45) is 1.39. The van der Waals surface area contributed by atoms with Gasteiger partial charge in [0.25, 0.3) is 0 Å². The van der Waals surface area contributed by atoms with E-state index in [2.05, 4.69) is 10.1 Å². The Morgan fingerprint density at radius 3 is 2.50 bits per heavy atom. The summed E-state index contributed by atoms with van der Waals surface area (Å²) in [4.78, 5) is 32.9. The molecule has 0 aliphatic heterocycles. The van der Waals surface area contributed by atoms with Gasteiger partial charge in [0.2, 0.25) is 5.91 Å². The van der Waals surface area contributed by atoms with Gasteiger partial charge in [-0.2, -0.15) is 0 Å². The van der Waals surface area contributed by atoms with Crippen LogP contribution in [0.25, 0.3) is 0 Å². The average molecular weight is 248 g/mol. The van der Waals surface area contributed by atoms with Gasteiger partial charge in [-0.1, -0.05) is 12.1 Å². The van der Waals surface area contributed by atoms with Crippen molar-refractivity contribution >= 4 is 23.5 Å². The SMILES string of the molecule is COC(=O)c1ccccc1NC(=O)/C=C\C(=O)[O-]. The minimum atomic E-state index is -1.48. The Kier molecular flexibility index (Phi) is 4.62. The summed E-state index contributed by atoms with van der Waals surface area (Å²) in [6.45, 7) is 0. The highest BCUT2D eigenvalue weighted by Crippen LogP contribution is 2.15. The van der Waals surface area contributed by atoms with Crippen LogP contribution < -0.4 is 10.4 Å². The Morgan fingerprint density at radius 2 is 1.89 bits per heavy atom. The maximum absolute atomic E-state index is 11.4. The number of ether oxygens (including phenoxy) is 1. The maximum atomic E-state index is 11.4. The second-order valence-electron chi connectivity index (χ2n) is 3.18. The predicted molar refractivity (Wildman–Crippen MR) is 60.6 cm³/mol. The first-order valence-corrected chi connectivity index (χ1v) is 4.92. The highest BCUT2D eigenvalue weighted by atomic mass is 16.5. The Balaban J connectivity index is 2.88. The molecule has 0 saturated carbocycles. The van der Waals surface area contributed by atoms with E-state index in [1.165, 1.54) is 19.2 Å². The second-order valence-corrected chi connectivity index (χ2v) is 3.18. The molecule has 0 aromatic heterocycles. The Bertz CT molecular complexity index is 507. The normalized spacial score (nSPS) is 10.1. The number of amides is 1. The number of rotatable bonds is 4. The van der Waals surface area contributed by atoms with Crippen molar-refractivity contribution in [1.29, 1.82) is 0 Å². The summed E-state index contributed by atoms with van der Waals surface area (Å²) in [5.41, 5.74) is 0.410. The largest absolute Gasteiger partial charge is 0.545 e. The van der Waals surface area contributed by atoms with Gasteiger partial charge < -0.3 is 20.0 Å². The molecule has 0 atom stereocenters. The lowest BCUT2D eigenvalue weighted by molar-refractivity contribution is -0.297. The van der Waals surface area contributed by atoms with Crippen LogP contribution in [0.15, 0.2) is 36.4 Å². The van der Waals surface area contributed by atoms with E-state index in [-0.39, 0.29) is 11.3 Å². The lowest BCUT2D eigenvalue weighted by Gasteiger charge is -2.07. The number of carbonyl (C=O) groups excluding carboxylic acids is 3. The molecule has 0 aliphatic rings. The third kappa shape index (κ3) is 3.75. The van der Waals surface area contributed by atoms with Gasteiger partial charge in [0.1, 0.15) is 0 Å². The van der Waals surface area contributed by atoms with Crippen LogP contribution in [0.3, 0.4) is 0 Å². The summed E-state index contributed by atoms with van der Waals surface area (Å²) >= 11 is 0. The van der Waals surface area contributed by atoms with E-state index in [1.807, 2.05) is 0 Å². The molecule has 0 bridgehead atoms. The van der Waals surface area contributed by atoms with E-state index in [0.29, 0.717) is 6.08 Å². The van der Waals surface area contributed by atoms with Crippen molar-refractivity contribution in [3.8, 4) is 0 Å². The molecule has 0 radical (unpaired) electrons. The van der Waals surface area contributed by atoms with Crippen LogP contribution in [0.1, 0.15) is 10.4 Å². The molecule has 0 spiro atoms. The van der Waals surface area contributed by atoms with Crippen molar-refractivity contribution in [2.75, 3.05) is 12.4 Å². The zero-order chi connectivity index (χ0) is 13.5. The average Bonchev–Trinajstić information content (AvgIpc) is 2.36. The zero-order valence-electron chi connectivity index (χ0n) is 9.51. The first-order chi connectivity index (χ1) is 8.54. The predicted octanol–water partition coefficient (Wildman–Crippen LogP) is -0.282. The van der Waals surface area contributed by atoms with E-state index in [1.54, 1.807) is 12.1 Å². The minimum Gasteiger partial charge on any atom is -0.545 e. The number of para-hydroxylation sites is 1. The Morgan fingerprint density at radius 1 is 1.22 bits per heavy atom. The monoisotopic (exact) mass is 248 g/mol. The molecule has 0 fully saturated rings. The number of hydrogen-bond donors (Lipinski definition) is 1. The first kappa shape index (κ1) is 13.4. The van der Waals surface area contributed by atoms with Crippen molar-refractivity contribution in [1.82, 2.24) is 0 Å². The van der Waals surface area contributed by atoms with Gasteiger partial charge in [0.15, 0.2) is 0 Å². The number of benzene rings is 1. The third-order valence-electron chi connectivity index (χ3n) is 1.96. The van der Waals surface area contributed by atoms with Crippen LogP contribution in [0.2, 0.25) is 0 Å². The van der Waals surface area contributed by atoms with Gasteiger partial charge in [-0.25, -0.2) is 4.79 Å². The molecule has 0 aliphatic carbocycles. The van der Waals surface area contributed by atoms with Gasteiger partial charge >= 0.3 is 5.97 Å². The molecule has 0 saturated heterocycles. The van der Waals surface area contributed by atoms with Crippen molar-refractivity contribution in [2.24, 2.45) is 0 Å². The fourth-order valence-corrected chi connectivity index (χ4v) is 1.20. The molecule has 94 valence electrons. The molecule has 1 amide bonds. The van der Waals surface area contributed by atoms with Crippen LogP contribution in [0, 0.1) is 0 Å². The summed E-state index contributed by atoms with van der Waals surface area (Å²) in [6, 6.07) is 6.20. The molecule has 0 unspecified atom stereocenters. The molecular weight excluding hydrogens is 238 g/mol. The molecule has 1 aromatic rings. The van der Waals surface area contributed by atoms with Gasteiger partial charge in [-0.3, -0.25) is 4.79 Å². The van der Waals surface area contributed by atoms with Gasteiger partial charge in [0, 0.05) is 6.08 Å². The molecule has 6 nitrogen and oxygen atoms in total. The number of anilines is 1. The standard InChI is InChI=1S/C12H11NO5/c1-18-12(17)8-4-2-3-5-9(8)13-10(14)6-7-11(15)16/h2-7H,1H3,(H,13,14)(H,15,16)/p-1/b7-6-.